The standard InChI is InChI=1S/C19H17ClF6N4O2/c20-13-7-11(18(21,22)23)1-2-14(13)29-17-28-9-12(15(30-17)19(24,25)26)16(31)27-8-10-3-5-32-6-4-10/h1-2,7,9-10H,3-6,8H2,(H,27,31)(H,28,29,30). The number of carbonyl (C=O) groups excluding carboxylic acids is 1. The van der Waals surface area contributed by atoms with E-state index in [9.17, 15) is 31.1 Å². The third-order valence-electron chi connectivity index (χ3n) is 4.74. The fourth-order valence-corrected chi connectivity index (χ4v) is 3.25. The fraction of sp³-hybridized carbons (Fsp3) is 0.421. The van der Waals surface area contributed by atoms with Gasteiger partial charge < -0.3 is 15.4 Å². The largest absolute Gasteiger partial charge is 0.434 e. The van der Waals surface area contributed by atoms with Crippen molar-refractivity contribution < 1.29 is 35.9 Å². The van der Waals surface area contributed by atoms with Crippen LogP contribution in [0.2, 0.25) is 5.02 Å². The Kier molecular flexibility index (Phi) is 7.13. The number of carbonyl (C=O) groups is 1. The molecular weight excluding hydrogens is 466 g/mol. The molecule has 0 unspecified atom stereocenters. The maximum atomic E-state index is 13.5. The molecule has 0 saturated carbocycles. The van der Waals surface area contributed by atoms with Crippen molar-refractivity contribution in [1.29, 1.82) is 0 Å². The lowest BCUT2D eigenvalue weighted by molar-refractivity contribution is -0.141. The molecule has 1 fully saturated rings. The summed E-state index contributed by atoms with van der Waals surface area (Å²) < 4.78 is 84.0. The van der Waals surface area contributed by atoms with Gasteiger partial charge >= 0.3 is 12.4 Å². The lowest BCUT2D eigenvalue weighted by atomic mass is 10.0. The van der Waals surface area contributed by atoms with E-state index in [1.165, 1.54) is 0 Å². The lowest BCUT2D eigenvalue weighted by Gasteiger charge is -2.22. The molecule has 2 aromatic rings. The summed E-state index contributed by atoms with van der Waals surface area (Å²) in [5.74, 6) is -1.48. The molecule has 0 radical (unpaired) electrons. The van der Waals surface area contributed by atoms with Gasteiger partial charge in [-0.3, -0.25) is 4.79 Å². The molecule has 1 saturated heterocycles. The van der Waals surface area contributed by atoms with Gasteiger partial charge in [0.2, 0.25) is 5.95 Å². The molecule has 32 heavy (non-hydrogen) atoms. The molecule has 3 rings (SSSR count). The number of alkyl halides is 6. The van der Waals surface area contributed by atoms with Gasteiger partial charge in [-0.15, -0.1) is 0 Å². The maximum Gasteiger partial charge on any atom is 0.434 e. The molecule has 1 aromatic heterocycles. The van der Waals surface area contributed by atoms with Crippen LogP contribution in [-0.2, 0) is 17.1 Å². The SMILES string of the molecule is O=C(NCC1CCOCC1)c1cnc(Nc2ccc(C(F)(F)F)cc2Cl)nc1C(F)(F)F. The fourth-order valence-electron chi connectivity index (χ4n) is 3.02. The van der Waals surface area contributed by atoms with E-state index in [-0.39, 0.29) is 18.2 Å². The van der Waals surface area contributed by atoms with E-state index in [0.717, 1.165) is 6.07 Å². The summed E-state index contributed by atoms with van der Waals surface area (Å²) in [6, 6.07) is 2.26. The smallest absolute Gasteiger partial charge is 0.381 e. The molecule has 13 heteroatoms. The Bertz CT molecular complexity index is 977. The second-order valence-electron chi connectivity index (χ2n) is 7.04. The Balaban J connectivity index is 1.80. The predicted octanol–water partition coefficient (Wildman–Crippen LogP) is 5.07. The molecule has 2 N–H and O–H groups in total. The van der Waals surface area contributed by atoms with Crippen LogP contribution in [0.15, 0.2) is 24.4 Å². The van der Waals surface area contributed by atoms with Gasteiger partial charge in [-0.05, 0) is 37.0 Å². The average Bonchev–Trinajstić information content (AvgIpc) is 2.73. The molecule has 1 aliphatic heterocycles. The number of ether oxygens (including phenoxy) is 1. The van der Waals surface area contributed by atoms with Crippen LogP contribution in [0.3, 0.4) is 0 Å². The van der Waals surface area contributed by atoms with Crippen LogP contribution >= 0.6 is 11.6 Å². The summed E-state index contributed by atoms with van der Waals surface area (Å²) in [5.41, 5.74) is -3.41. The highest BCUT2D eigenvalue weighted by atomic mass is 35.5. The number of aromatic nitrogens is 2. The van der Waals surface area contributed by atoms with Gasteiger partial charge in [0.25, 0.3) is 5.91 Å². The van der Waals surface area contributed by atoms with Crippen molar-refractivity contribution in [2.75, 3.05) is 25.1 Å². The first-order valence-corrected chi connectivity index (χ1v) is 9.77. The first kappa shape index (κ1) is 24.1. The summed E-state index contributed by atoms with van der Waals surface area (Å²) in [7, 11) is 0. The van der Waals surface area contributed by atoms with Gasteiger partial charge in [0.15, 0.2) is 5.69 Å². The highest BCUT2D eigenvalue weighted by molar-refractivity contribution is 6.33. The van der Waals surface area contributed by atoms with Crippen LogP contribution in [0, 0.1) is 5.92 Å². The number of hydrogen-bond donors (Lipinski definition) is 2. The normalized spacial score (nSPS) is 15.5. The lowest BCUT2D eigenvalue weighted by Crippen LogP contribution is -2.33. The minimum absolute atomic E-state index is 0.0886. The number of rotatable bonds is 5. The summed E-state index contributed by atoms with van der Waals surface area (Å²) in [4.78, 5) is 19.4. The molecule has 1 amide bonds. The van der Waals surface area contributed by atoms with E-state index in [1.807, 2.05) is 0 Å². The number of nitrogens with one attached hydrogen (secondary N) is 2. The van der Waals surface area contributed by atoms with Crippen molar-refractivity contribution >= 4 is 29.1 Å². The van der Waals surface area contributed by atoms with E-state index < -0.39 is 46.1 Å². The van der Waals surface area contributed by atoms with E-state index in [2.05, 4.69) is 20.6 Å². The Morgan fingerprint density at radius 2 is 1.81 bits per heavy atom. The van der Waals surface area contributed by atoms with Crippen LogP contribution in [0.25, 0.3) is 0 Å². The predicted molar refractivity (Wildman–Crippen MR) is 103 cm³/mol. The van der Waals surface area contributed by atoms with Crippen molar-refractivity contribution in [3.8, 4) is 0 Å². The summed E-state index contributed by atoms with van der Waals surface area (Å²) >= 11 is 5.80. The molecule has 0 aliphatic carbocycles. The zero-order valence-electron chi connectivity index (χ0n) is 16.3. The van der Waals surface area contributed by atoms with Crippen LogP contribution in [0.4, 0.5) is 38.0 Å². The molecule has 174 valence electrons. The third-order valence-corrected chi connectivity index (χ3v) is 5.05. The van der Waals surface area contributed by atoms with Gasteiger partial charge in [-0.2, -0.15) is 26.3 Å². The number of amides is 1. The average molecular weight is 483 g/mol. The zero-order chi connectivity index (χ0) is 23.5. The number of nitrogens with zero attached hydrogens (tertiary/aromatic N) is 2. The first-order chi connectivity index (χ1) is 14.9. The summed E-state index contributed by atoms with van der Waals surface area (Å²) in [5, 5.41) is 4.41. The van der Waals surface area contributed by atoms with E-state index in [1.54, 1.807) is 0 Å². The quantitative estimate of drug-likeness (QED) is 0.582. The Morgan fingerprint density at radius 3 is 2.41 bits per heavy atom. The van der Waals surface area contributed by atoms with Crippen molar-refractivity contribution in [3.05, 3.63) is 46.2 Å². The van der Waals surface area contributed by atoms with Crippen molar-refractivity contribution in [2.45, 2.75) is 25.2 Å². The minimum Gasteiger partial charge on any atom is -0.381 e. The number of anilines is 2. The van der Waals surface area contributed by atoms with Gasteiger partial charge in [-0.25, -0.2) is 9.97 Å². The number of halogens is 7. The highest BCUT2D eigenvalue weighted by Crippen LogP contribution is 2.35. The van der Waals surface area contributed by atoms with Crippen LogP contribution < -0.4 is 10.6 Å². The molecular formula is C19H17ClF6N4O2. The second-order valence-corrected chi connectivity index (χ2v) is 7.44. The van der Waals surface area contributed by atoms with E-state index >= 15 is 0 Å². The molecule has 1 aliphatic rings. The minimum atomic E-state index is -4.98. The van der Waals surface area contributed by atoms with Crippen molar-refractivity contribution in [1.82, 2.24) is 15.3 Å². The van der Waals surface area contributed by atoms with Crippen molar-refractivity contribution in [2.24, 2.45) is 5.92 Å². The maximum absolute atomic E-state index is 13.5. The van der Waals surface area contributed by atoms with Crippen molar-refractivity contribution in [3.63, 3.8) is 0 Å². The molecule has 0 bridgehead atoms. The summed E-state index contributed by atoms with van der Waals surface area (Å²) in [6.45, 7) is 1.22. The van der Waals surface area contributed by atoms with Gasteiger partial charge in [0.05, 0.1) is 21.8 Å². The molecule has 0 atom stereocenters. The van der Waals surface area contributed by atoms with E-state index in [4.69, 9.17) is 16.3 Å². The topological polar surface area (TPSA) is 76.1 Å². The Labute approximate surface area is 183 Å². The monoisotopic (exact) mass is 482 g/mol. The van der Waals surface area contributed by atoms with E-state index in [0.29, 0.717) is 44.4 Å². The van der Waals surface area contributed by atoms with Crippen LogP contribution in [0.1, 0.15) is 34.5 Å². The molecule has 6 nitrogen and oxygen atoms in total. The molecule has 2 heterocycles. The number of hydrogen-bond acceptors (Lipinski definition) is 5. The number of benzene rings is 1. The highest BCUT2D eigenvalue weighted by Gasteiger charge is 2.38. The Hall–Kier alpha value is -2.60. The van der Waals surface area contributed by atoms with Crippen LogP contribution in [-0.4, -0.2) is 35.6 Å². The second kappa shape index (κ2) is 9.49. The molecule has 0 spiro atoms. The Morgan fingerprint density at radius 1 is 1.12 bits per heavy atom. The van der Waals surface area contributed by atoms with Gasteiger partial charge in [0.1, 0.15) is 0 Å². The summed E-state index contributed by atoms with van der Waals surface area (Å²) in [6.07, 6.45) is -7.55. The van der Waals surface area contributed by atoms with Gasteiger partial charge in [0, 0.05) is 26.0 Å². The first-order valence-electron chi connectivity index (χ1n) is 9.39. The zero-order valence-corrected chi connectivity index (χ0v) is 17.0. The van der Waals surface area contributed by atoms with Crippen LogP contribution in [0.5, 0.6) is 0 Å². The van der Waals surface area contributed by atoms with Gasteiger partial charge in [-0.1, -0.05) is 11.6 Å². The third kappa shape index (κ3) is 6.00. The molecule has 1 aromatic carbocycles.